The molecule has 3 rings (SSSR count). The number of carbonyl (C=O) groups is 2. The van der Waals surface area contributed by atoms with Crippen molar-refractivity contribution in [3.8, 4) is 0 Å². The van der Waals surface area contributed by atoms with Crippen molar-refractivity contribution in [3.63, 3.8) is 0 Å². The van der Waals surface area contributed by atoms with Gasteiger partial charge in [0.1, 0.15) is 6.54 Å². The lowest BCUT2D eigenvalue weighted by Gasteiger charge is -2.29. The molecule has 2 fully saturated rings. The highest BCUT2D eigenvalue weighted by Gasteiger charge is 2.27. The quantitative estimate of drug-likeness (QED) is 0.823. The Hall–Kier alpha value is -2.04. The summed E-state index contributed by atoms with van der Waals surface area (Å²) in [6.07, 6.45) is 3.79. The van der Waals surface area contributed by atoms with Gasteiger partial charge >= 0.3 is 6.03 Å². The molecule has 5 nitrogen and oxygen atoms in total. The lowest BCUT2D eigenvalue weighted by Crippen LogP contribution is -2.30. The van der Waals surface area contributed by atoms with Gasteiger partial charge in [-0.25, -0.2) is 4.79 Å². The van der Waals surface area contributed by atoms with Crippen molar-refractivity contribution in [3.05, 3.63) is 24.3 Å². The van der Waals surface area contributed by atoms with Gasteiger partial charge in [-0.2, -0.15) is 0 Å². The van der Waals surface area contributed by atoms with Crippen LogP contribution in [0.15, 0.2) is 24.3 Å². The Morgan fingerprint density at radius 3 is 2.11 bits per heavy atom. The largest absolute Gasteiger partial charge is 0.372 e. The molecule has 2 aliphatic heterocycles. The number of benzene rings is 1. The number of nitrogens with one attached hydrogen (secondary N) is 1. The molecule has 19 heavy (non-hydrogen) atoms. The topological polar surface area (TPSA) is 52.7 Å². The molecule has 0 aromatic heterocycles. The molecule has 0 radical (unpaired) electrons. The van der Waals surface area contributed by atoms with E-state index in [1.807, 2.05) is 24.3 Å². The van der Waals surface area contributed by atoms with E-state index in [-0.39, 0.29) is 18.5 Å². The van der Waals surface area contributed by atoms with Gasteiger partial charge in [0.25, 0.3) is 0 Å². The Balaban J connectivity index is 1.75. The van der Waals surface area contributed by atoms with Crippen LogP contribution in [-0.2, 0) is 4.79 Å². The molecule has 0 bridgehead atoms. The van der Waals surface area contributed by atoms with E-state index in [9.17, 15) is 9.59 Å². The van der Waals surface area contributed by atoms with Crippen molar-refractivity contribution in [1.29, 1.82) is 0 Å². The number of imide groups is 1. The van der Waals surface area contributed by atoms with Crippen molar-refractivity contribution >= 4 is 23.3 Å². The van der Waals surface area contributed by atoms with E-state index < -0.39 is 0 Å². The fraction of sp³-hybridized carbons (Fsp3) is 0.429. The van der Waals surface area contributed by atoms with E-state index in [2.05, 4.69) is 10.2 Å². The summed E-state index contributed by atoms with van der Waals surface area (Å²) in [7, 11) is 0. The Bertz CT molecular complexity index is 492. The molecule has 0 aliphatic carbocycles. The van der Waals surface area contributed by atoms with Gasteiger partial charge in [0, 0.05) is 24.5 Å². The van der Waals surface area contributed by atoms with Gasteiger partial charge in [-0.3, -0.25) is 15.0 Å². The highest BCUT2D eigenvalue weighted by atomic mass is 16.2. The average molecular weight is 259 g/mol. The average Bonchev–Trinajstić information content (AvgIpc) is 2.79. The van der Waals surface area contributed by atoms with Crippen LogP contribution in [0.4, 0.5) is 16.2 Å². The first-order valence-electron chi connectivity index (χ1n) is 6.70. The van der Waals surface area contributed by atoms with E-state index in [4.69, 9.17) is 0 Å². The SMILES string of the molecule is O=C1CN(c2ccc(N3CCCCC3)cc2)C(=O)N1. The fourth-order valence-corrected chi connectivity index (χ4v) is 2.65. The van der Waals surface area contributed by atoms with Crippen LogP contribution in [0, 0.1) is 0 Å². The zero-order valence-electron chi connectivity index (χ0n) is 10.8. The zero-order chi connectivity index (χ0) is 13.2. The van der Waals surface area contributed by atoms with Crippen LogP contribution in [0.5, 0.6) is 0 Å². The standard InChI is InChI=1S/C14H17N3O2/c18-13-10-17(14(19)15-13)12-6-4-11(5-7-12)16-8-2-1-3-9-16/h4-7H,1-3,8-10H2,(H,15,18,19). The third-order valence-corrected chi connectivity index (χ3v) is 3.68. The van der Waals surface area contributed by atoms with Gasteiger partial charge in [0.2, 0.25) is 5.91 Å². The Morgan fingerprint density at radius 1 is 0.895 bits per heavy atom. The molecular weight excluding hydrogens is 242 g/mol. The van der Waals surface area contributed by atoms with Crippen LogP contribution in [0.3, 0.4) is 0 Å². The summed E-state index contributed by atoms with van der Waals surface area (Å²) in [5.74, 6) is -0.245. The normalized spacial score (nSPS) is 19.8. The van der Waals surface area contributed by atoms with Crippen molar-refractivity contribution in [2.75, 3.05) is 29.4 Å². The van der Waals surface area contributed by atoms with Crippen LogP contribution in [0.2, 0.25) is 0 Å². The number of piperidine rings is 1. The van der Waals surface area contributed by atoms with Gasteiger partial charge in [0.15, 0.2) is 0 Å². The maximum Gasteiger partial charge on any atom is 0.329 e. The van der Waals surface area contributed by atoms with E-state index >= 15 is 0 Å². The highest BCUT2D eigenvalue weighted by molar-refractivity contribution is 6.12. The number of anilines is 2. The van der Waals surface area contributed by atoms with Crippen LogP contribution in [0.25, 0.3) is 0 Å². The second-order valence-corrected chi connectivity index (χ2v) is 5.00. The van der Waals surface area contributed by atoms with Gasteiger partial charge < -0.3 is 4.90 Å². The first-order chi connectivity index (χ1) is 9.24. The second kappa shape index (κ2) is 4.91. The first kappa shape index (κ1) is 12.0. The number of amides is 3. The minimum absolute atomic E-state index is 0.113. The fourth-order valence-electron chi connectivity index (χ4n) is 2.65. The molecule has 100 valence electrons. The number of hydrogen-bond donors (Lipinski definition) is 1. The monoisotopic (exact) mass is 259 g/mol. The summed E-state index contributed by atoms with van der Waals surface area (Å²) >= 11 is 0. The third kappa shape index (κ3) is 2.41. The van der Waals surface area contributed by atoms with Crippen LogP contribution >= 0.6 is 0 Å². The molecule has 1 aromatic rings. The number of nitrogens with zero attached hydrogens (tertiary/aromatic N) is 2. The van der Waals surface area contributed by atoms with Crippen LogP contribution < -0.4 is 15.1 Å². The number of urea groups is 1. The summed E-state index contributed by atoms with van der Waals surface area (Å²) in [6.45, 7) is 2.31. The number of rotatable bonds is 2. The molecule has 0 saturated carbocycles. The van der Waals surface area contributed by atoms with E-state index in [0.29, 0.717) is 0 Å². The molecule has 1 aromatic carbocycles. The molecule has 0 spiro atoms. The van der Waals surface area contributed by atoms with Crippen molar-refractivity contribution in [1.82, 2.24) is 5.32 Å². The minimum atomic E-state index is -0.337. The molecule has 5 heteroatoms. The van der Waals surface area contributed by atoms with E-state index in [0.717, 1.165) is 18.8 Å². The van der Waals surface area contributed by atoms with Crippen molar-refractivity contribution < 1.29 is 9.59 Å². The van der Waals surface area contributed by atoms with E-state index in [1.54, 1.807) is 0 Å². The van der Waals surface area contributed by atoms with Crippen LogP contribution in [0.1, 0.15) is 19.3 Å². The lowest BCUT2D eigenvalue weighted by atomic mass is 10.1. The summed E-state index contributed by atoms with van der Waals surface area (Å²) in [5.41, 5.74) is 1.96. The van der Waals surface area contributed by atoms with Gasteiger partial charge in [-0.05, 0) is 43.5 Å². The van der Waals surface area contributed by atoms with Gasteiger partial charge in [-0.1, -0.05) is 0 Å². The molecule has 1 N–H and O–H groups in total. The molecule has 3 amide bonds. The minimum Gasteiger partial charge on any atom is -0.372 e. The van der Waals surface area contributed by atoms with Gasteiger partial charge in [0.05, 0.1) is 0 Å². The molecule has 2 saturated heterocycles. The lowest BCUT2D eigenvalue weighted by molar-refractivity contribution is -0.117. The summed E-state index contributed by atoms with van der Waals surface area (Å²) < 4.78 is 0. The summed E-state index contributed by atoms with van der Waals surface area (Å²) in [4.78, 5) is 26.5. The number of carbonyl (C=O) groups excluding carboxylic acids is 2. The first-order valence-corrected chi connectivity index (χ1v) is 6.70. The Kier molecular flexibility index (Phi) is 3.11. The summed E-state index contributed by atoms with van der Waals surface area (Å²) in [5, 5.41) is 2.28. The van der Waals surface area contributed by atoms with Crippen LogP contribution in [-0.4, -0.2) is 31.6 Å². The maximum absolute atomic E-state index is 11.6. The van der Waals surface area contributed by atoms with Crippen molar-refractivity contribution in [2.24, 2.45) is 0 Å². The number of hydrogen-bond acceptors (Lipinski definition) is 3. The predicted molar refractivity (Wildman–Crippen MR) is 73.4 cm³/mol. The van der Waals surface area contributed by atoms with E-state index in [1.165, 1.54) is 29.8 Å². The predicted octanol–water partition coefficient (Wildman–Crippen LogP) is 1.73. The Labute approximate surface area is 112 Å². The molecule has 2 aliphatic rings. The highest BCUT2D eigenvalue weighted by Crippen LogP contribution is 2.24. The Morgan fingerprint density at radius 2 is 1.53 bits per heavy atom. The van der Waals surface area contributed by atoms with Gasteiger partial charge in [-0.15, -0.1) is 0 Å². The molecule has 2 heterocycles. The maximum atomic E-state index is 11.6. The second-order valence-electron chi connectivity index (χ2n) is 5.00. The zero-order valence-corrected chi connectivity index (χ0v) is 10.8. The molecule has 0 unspecified atom stereocenters. The molecular formula is C14H17N3O2. The molecule has 0 atom stereocenters. The smallest absolute Gasteiger partial charge is 0.329 e. The third-order valence-electron chi connectivity index (χ3n) is 3.68. The van der Waals surface area contributed by atoms with Crippen molar-refractivity contribution in [2.45, 2.75) is 19.3 Å². The summed E-state index contributed by atoms with van der Waals surface area (Å²) in [6, 6.07) is 7.52.